The van der Waals surface area contributed by atoms with E-state index in [4.69, 9.17) is 4.74 Å². The van der Waals surface area contributed by atoms with Gasteiger partial charge in [0, 0.05) is 7.05 Å². The van der Waals surface area contributed by atoms with Crippen LogP contribution in [-0.4, -0.2) is 28.3 Å². The summed E-state index contributed by atoms with van der Waals surface area (Å²) < 4.78 is 6.87. The van der Waals surface area contributed by atoms with Gasteiger partial charge in [-0.3, -0.25) is 9.48 Å². The predicted octanol–water partition coefficient (Wildman–Crippen LogP) is 2.99. The maximum Gasteiger partial charge on any atom is 0.339 e. The van der Waals surface area contributed by atoms with Crippen molar-refractivity contribution in [3.8, 4) is 0 Å². The average molecular weight is 337 g/mol. The molecule has 128 valence electrons. The highest BCUT2D eigenvalue weighted by Crippen LogP contribution is 2.20. The highest BCUT2D eigenvalue weighted by Gasteiger charge is 2.16. The van der Waals surface area contributed by atoms with E-state index in [1.54, 1.807) is 23.9 Å². The minimum atomic E-state index is -0.522. The zero-order valence-corrected chi connectivity index (χ0v) is 14.4. The molecule has 0 radical (unpaired) electrons. The summed E-state index contributed by atoms with van der Waals surface area (Å²) in [6, 6.07) is 13.0. The monoisotopic (exact) mass is 337 g/mol. The van der Waals surface area contributed by atoms with Crippen molar-refractivity contribution in [2.24, 2.45) is 7.05 Å². The number of amides is 1. The van der Waals surface area contributed by atoms with Gasteiger partial charge >= 0.3 is 5.97 Å². The average Bonchev–Trinajstić information content (AvgIpc) is 2.85. The van der Waals surface area contributed by atoms with Gasteiger partial charge in [-0.2, -0.15) is 5.10 Å². The first-order chi connectivity index (χ1) is 12.0. The first-order valence-corrected chi connectivity index (χ1v) is 7.92. The first-order valence-electron chi connectivity index (χ1n) is 7.92. The highest BCUT2D eigenvalue weighted by molar-refractivity contribution is 6.05. The van der Waals surface area contributed by atoms with E-state index in [1.165, 1.54) is 0 Å². The second-order valence-electron chi connectivity index (χ2n) is 5.82. The Morgan fingerprint density at radius 2 is 1.84 bits per heavy atom. The number of hydrogen-bond donors (Lipinski definition) is 1. The quantitative estimate of drug-likeness (QED) is 0.743. The number of nitrogens with one attached hydrogen (secondary N) is 1. The zero-order chi connectivity index (χ0) is 18.0. The molecule has 0 atom stereocenters. The van der Waals surface area contributed by atoms with Crippen molar-refractivity contribution in [1.29, 1.82) is 0 Å². The highest BCUT2D eigenvalue weighted by atomic mass is 16.5. The van der Waals surface area contributed by atoms with Gasteiger partial charge in [-0.1, -0.05) is 36.4 Å². The van der Waals surface area contributed by atoms with Gasteiger partial charge in [0.25, 0.3) is 5.91 Å². The summed E-state index contributed by atoms with van der Waals surface area (Å²) in [7, 11) is 1.80. The molecule has 0 aliphatic rings. The van der Waals surface area contributed by atoms with Crippen molar-refractivity contribution in [2.45, 2.75) is 13.8 Å². The van der Waals surface area contributed by atoms with Crippen LogP contribution in [0.4, 0.5) is 5.69 Å². The number of aryl methyl sites for hydroxylation is 2. The van der Waals surface area contributed by atoms with Gasteiger partial charge in [0.15, 0.2) is 6.61 Å². The van der Waals surface area contributed by atoms with Crippen LogP contribution >= 0.6 is 0 Å². The summed E-state index contributed by atoms with van der Waals surface area (Å²) in [6.45, 7) is 3.32. The van der Waals surface area contributed by atoms with Crippen LogP contribution in [-0.2, 0) is 16.6 Å². The summed E-state index contributed by atoms with van der Waals surface area (Å²) in [5.41, 5.74) is 2.65. The second-order valence-corrected chi connectivity index (χ2v) is 5.82. The van der Waals surface area contributed by atoms with Gasteiger partial charge in [0.05, 0.1) is 22.6 Å². The van der Waals surface area contributed by atoms with Crippen LogP contribution in [0.15, 0.2) is 42.5 Å². The van der Waals surface area contributed by atoms with Crippen LogP contribution in [0.5, 0.6) is 0 Å². The third kappa shape index (κ3) is 3.38. The standard InChI is InChI=1S/C19H19N3O3/c1-12-18(13(2)22(3)21-12)20-17(23)11-25-19(24)16-10-6-8-14-7-4-5-9-15(14)16/h4-10H,11H2,1-3H3,(H,20,23). The molecule has 25 heavy (non-hydrogen) atoms. The van der Waals surface area contributed by atoms with Gasteiger partial charge in [-0.05, 0) is 30.7 Å². The molecular formula is C19H19N3O3. The van der Waals surface area contributed by atoms with Gasteiger partial charge < -0.3 is 10.1 Å². The van der Waals surface area contributed by atoms with E-state index in [1.807, 2.05) is 44.2 Å². The summed E-state index contributed by atoms with van der Waals surface area (Å²) in [4.78, 5) is 24.4. The van der Waals surface area contributed by atoms with Crippen molar-refractivity contribution >= 4 is 28.3 Å². The van der Waals surface area contributed by atoms with Gasteiger partial charge in [0.1, 0.15) is 0 Å². The molecule has 0 unspecified atom stereocenters. The lowest BCUT2D eigenvalue weighted by Crippen LogP contribution is -2.21. The molecule has 0 bridgehead atoms. The molecule has 1 amide bonds. The summed E-state index contributed by atoms with van der Waals surface area (Å²) in [5, 5.41) is 8.73. The maximum absolute atomic E-state index is 12.3. The fourth-order valence-electron chi connectivity index (χ4n) is 2.74. The topological polar surface area (TPSA) is 73.2 Å². The molecule has 1 N–H and O–H groups in total. The molecule has 0 saturated heterocycles. The van der Waals surface area contributed by atoms with E-state index in [0.717, 1.165) is 16.5 Å². The van der Waals surface area contributed by atoms with Crippen molar-refractivity contribution in [3.05, 3.63) is 59.4 Å². The number of ether oxygens (including phenoxy) is 1. The van der Waals surface area contributed by atoms with Gasteiger partial charge in [0.2, 0.25) is 0 Å². The maximum atomic E-state index is 12.3. The smallest absolute Gasteiger partial charge is 0.339 e. The fourth-order valence-corrected chi connectivity index (χ4v) is 2.74. The number of rotatable bonds is 4. The third-order valence-electron chi connectivity index (χ3n) is 4.12. The summed E-state index contributed by atoms with van der Waals surface area (Å²) >= 11 is 0. The van der Waals surface area contributed by atoms with Crippen LogP contribution in [0.3, 0.4) is 0 Å². The molecule has 3 aromatic rings. The van der Waals surface area contributed by atoms with E-state index in [0.29, 0.717) is 16.9 Å². The van der Waals surface area contributed by atoms with Crippen molar-refractivity contribution < 1.29 is 14.3 Å². The number of anilines is 1. The van der Waals surface area contributed by atoms with Gasteiger partial charge in [-0.25, -0.2) is 4.79 Å². The fraction of sp³-hybridized carbons (Fsp3) is 0.211. The Morgan fingerprint density at radius 1 is 1.12 bits per heavy atom. The SMILES string of the molecule is Cc1nn(C)c(C)c1NC(=O)COC(=O)c1cccc2ccccc12. The number of aromatic nitrogens is 2. The van der Waals surface area contributed by atoms with Crippen molar-refractivity contribution in [2.75, 3.05) is 11.9 Å². The molecule has 0 spiro atoms. The number of hydrogen-bond acceptors (Lipinski definition) is 4. The third-order valence-corrected chi connectivity index (χ3v) is 4.12. The first kappa shape index (κ1) is 16.7. The minimum Gasteiger partial charge on any atom is -0.452 e. The Kier molecular flexibility index (Phi) is 4.52. The zero-order valence-electron chi connectivity index (χ0n) is 14.4. The van der Waals surface area contributed by atoms with E-state index in [2.05, 4.69) is 10.4 Å². The van der Waals surface area contributed by atoms with Crippen LogP contribution in [0.2, 0.25) is 0 Å². The molecule has 6 nitrogen and oxygen atoms in total. The number of carbonyl (C=O) groups excluding carboxylic acids is 2. The number of benzene rings is 2. The molecule has 6 heteroatoms. The molecular weight excluding hydrogens is 318 g/mol. The van der Waals surface area contributed by atoms with E-state index < -0.39 is 11.9 Å². The molecule has 1 aromatic heterocycles. The van der Waals surface area contributed by atoms with Crippen LogP contribution in [0.25, 0.3) is 10.8 Å². The Bertz CT molecular complexity index is 954. The Balaban J connectivity index is 1.68. The van der Waals surface area contributed by atoms with Crippen LogP contribution in [0, 0.1) is 13.8 Å². The summed E-state index contributed by atoms with van der Waals surface area (Å²) in [5.74, 6) is -0.917. The lowest BCUT2D eigenvalue weighted by molar-refractivity contribution is -0.119. The lowest BCUT2D eigenvalue weighted by Gasteiger charge is -2.08. The Morgan fingerprint density at radius 3 is 2.56 bits per heavy atom. The predicted molar refractivity (Wildman–Crippen MR) is 95.5 cm³/mol. The van der Waals surface area contributed by atoms with Gasteiger partial charge in [-0.15, -0.1) is 0 Å². The molecule has 1 heterocycles. The molecule has 0 saturated carbocycles. The number of esters is 1. The van der Waals surface area contributed by atoms with Crippen LogP contribution in [0.1, 0.15) is 21.7 Å². The molecule has 2 aromatic carbocycles. The second kappa shape index (κ2) is 6.76. The largest absolute Gasteiger partial charge is 0.452 e. The Labute approximate surface area is 145 Å². The van der Waals surface area contributed by atoms with E-state index >= 15 is 0 Å². The molecule has 0 aliphatic heterocycles. The molecule has 0 aliphatic carbocycles. The normalized spacial score (nSPS) is 10.7. The van der Waals surface area contributed by atoms with Crippen LogP contribution < -0.4 is 5.32 Å². The lowest BCUT2D eigenvalue weighted by atomic mass is 10.1. The summed E-state index contributed by atoms with van der Waals surface area (Å²) in [6.07, 6.45) is 0. The Hall–Kier alpha value is -3.15. The van der Waals surface area contributed by atoms with Crippen molar-refractivity contribution in [3.63, 3.8) is 0 Å². The number of carbonyl (C=O) groups is 2. The number of nitrogens with zero attached hydrogens (tertiary/aromatic N) is 2. The minimum absolute atomic E-state index is 0.351. The van der Waals surface area contributed by atoms with Crippen molar-refractivity contribution in [1.82, 2.24) is 9.78 Å². The number of fused-ring (bicyclic) bond motifs is 1. The molecule has 3 rings (SSSR count). The van der Waals surface area contributed by atoms with E-state index in [9.17, 15) is 9.59 Å². The van der Waals surface area contributed by atoms with E-state index in [-0.39, 0.29) is 6.61 Å². The molecule has 0 fully saturated rings.